The predicted octanol–water partition coefficient (Wildman–Crippen LogP) is 2.81. The van der Waals surface area contributed by atoms with Crippen molar-refractivity contribution in [2.45, 2.75) is 13.0 Å². The zero-order valence-electron chi connectivity index (χ0n) is 9.81. The van der Waals surface area contributed by atoms with E-state index < -0.39 is 0 Å². The van der Waals surface area contributed by atoms with E-state index in [-0.39, 0.29) is 6.61 Å². The molecule has 0 fully saturated rings. The molecule has 1 aromatic heterocycles. The van der Waals surface area contributed by atoms with Crippen LogP contribution in [0.4, 0.5) is 0 Å². The van der Waals surface area contributed by atoms with Gasteiger partial charge in [0.2, 0.25) is 0 Å². The maximum atomic E-state index is 9.20. The quantitative estimate of drug-likeness (QED) is 0.803. The van der Waals surface area contributed by atoms with Gasteiger partial charge < -0.3 is 14.6 Å². The monoisotopic (exact) mass is 252 g/mol. The Morgan fingerprint density at radius 2 is 2.18 bits per heavy atom. The fourth-order valence-corrected chi connectivity index (χ4v) is 2.55. The zero-order chi connectivity index (χ0) is 12.1. The van der Waals surface area contributed by atoms with E-state index in [4.69, 9.17) is 9.47 Å². The summed E-state index contributed by atoms with van der Waals surface area (Å²) < 4.78 is 11.9. The minimum atomic E-state index is 0.0439. The van der Waals surface area contributed by atoms with Crippen molar-refractivity contribution in [3.05, 3.63) is 29.1 Å². The van der Waals surface area contributed by atoms with E-state index in [1.807, 2.05) is 23.6 Å². The number of ether oxygens (including phenoxy) is 2. The van der Waals surface area contributed by atoms with Gasteiger partial charge in [-0.25, -0.2) is 0 Å². The molecule has 92 valence electrons. The van der Waals surface area contributed by atoms with Crippen LogP contribution in [-0.2, 0) is 11.3 Å². The van der Waals surface area contributed by atoms with Crippen molar-refractivity contribution in [1.29, 1.82) is 0 Å². The maximum Gasteiger partial charge on any atom is 0.128 e. The Bertz CT molecular complexity index is 478. The molecule has 2 rings (SSSR count). The highest BCUT2D eigenvalue weighted by atomic mass is 32.1. The van der Waals surface area contributed by atoms with Crippen LogP contribution in [-0.4, -0.2) is 25.4 Å². The summed E-state index contributed by atoms with van der Waals surface area (Å²) >= 11 is 1.66. The minimum Gasteiger partial charge on any atom is -0.493 e. The molecule has 0 spiro atoms. The smallest absolute Gasteiger partial charge is 0.128 e. The largest absolute Gasteiger partial charge is 0.493 e. The third-order valence-electron chi connectivity index (χ3n) is 2.53. The van der Waals surface area contributed by atoms with Crippen molar-refractivity contribution in [2.24, 2.45) is 0 Å². The van der Waals surface area contributed by atoms with Gasteiger partial charge in [-0.05, 0) is 29.1 Å². The first-order valence-corrected chi connectivity index (χ1v) is 6.46. The number of methoxy groups -OCH3 is 1. The highest BCUT2D eigenvalue weighted by Crippen LogP contribution is 2.31. The van der Waals surface area contributed by atoms with Crippen LogP contribution >= 0.6 is 11.3 Å². The Morgan fingerprint density at radius 3 is 2.94 bits per heavy atom. The first-order chi connectivity index (χ1) is 8.35. The fourth-order valence-electron chi connectivity index (χ4n) is 1.69. The second kappa shape index (κ2) is 6.00. The van der Waals surface area contributed by atoms with Crippen LogP contribution in [0.2, 0.25) is 0 Å². The molecule has 1 heterocycles. The molecule has 0 bridgehead atoms. The lowest BCUT2D eigenvalue weighted by Gasteiger charge is -2.09. The topological polar surface area (TPSA) is 38.7 Å². The van der Waals surface area contributed by atoms with Crippen molar-refractivity contribution in [1.82, 2.24) is 0 Å². The van der Waals surface area contributed by atoms with Crippen LogP contribution in [0.15, 0.2) is 23.6 Å². The summed E-state index contributed by atoms with van der Waals surface area (Å²) in [5.74, 6) is 0.851. The number of thiophene rings is 1. The van der Waals surface area contributed by atoms with Crippen LogP contribution in [0, 0.1) is 0 Å². The average Bonchev–Trinajstić information content (AvgIpc) is 2.82. The van der Waals surface area contributed by atoms with Crippen LogP contribution in [0.3, 0.4) is 0 Å². The summed E-state index contributed by atoms with van der Waals surface area (Å²) in [7, 11) is 1.68. The van der Waals surface area contributed by atoms with Gasteiger partial charge in [-0.2, -0.15) is 0 Å². The van der Waals surface area contributed by atoms with Gasteiger partial charge in [0, 0.05) is 30.2 Å². The molecule has 2 aromatic rings. The highest BCUT2D eigenvalue weighted by molar-refractivity contribution is 7.17. The SMILES string of the molecule is COCCCOc1cc(CO)cc2sccc12. The van der Waals surface area contributed by atoms with Crippen LogP contribution in [0.25, 0.3) is 10.1 Å². The normalized spacial score (nSPS) is 10.9. The van der Waals surface area contributed by atoms with E-state index in [0.29, 0.717) is 13.2 Å². The third kappa shape index (κ3) is 2.97. The van der Waals surface area contributed by atoms with Gasteiger partial charge in [-0.3, -0.25) is 0 Å². The van der Waals surface area contributed by atoms with E-state index in [9.17, 15) is 5.11 Å². The fraction of sp³-hybridized carbons (Fsp3) is 0.385. The minimum absolute atomic E-state index is 0.0439. The molecule has 0 amide bonds. The van der Waals surface area contributed by atoms with E-state index in [2.05, 4.69) is 0 Å². The first-order valence-electron chi connectivity index (χ1n) is 5.58. The van der Waals surface area contributed by atoms with Crippen molar-refractivity contribution in [3.63, 3.8) is 0 Å². The van der Waals surface area contributed by atoms with Crippen molar-refractivity contribution < 1.29 is 14.6 Å². The lowest BCUT2D eigenvalue weighted by Crippen LogP contribution is -2.01. The van der Waals surface area contributed by atoms with Gasteiger partial charge in [0.1, 0.15) is 5.75 Å². The lowest BCUT2D eigenvalue weighted by molar-refractivity contribution is 0.172. The van der Waals surface area contributed by atoms with Crippen molar-refractivity contribution >= 4 is 21.4 Å². The molecular weight excluding hydrogens is 236 g/mol. The number of aliphatic hydroxyl groups is 1. The molecule has 0 saturated heterocycles. The highest BCUT2D eigenvalue weighted by Gasteiger charge is 2.06. The van der Waals surface area contributed by atoms with Gasteiger partial charge >= 0.3 is 0 Å². The Morgan fingerprint density at radius 1 is 1.29 bits per heavy atom. The molecule has 1 aromatic carbocycles. The predicted molar refractivity (Wildman–Crippen MR) is 69.7 cm³/mol. The molecule has 4 heteroatoms. The molecule has 0 saturated carbocycles. The summed E-state index contributed by atoms with van der Waals surface area (Å²) in [6, 6.07) is 5.96. The van der Waals surface area contributed by atoms with Gasteiger partial charge in [-0.1, -0.05) is 0 Å². The zero-order valence-corrected chi connectivity index (χ0v) is 10.6. The van der Waals surface area contributed by atoms with Gasteiger partial charge in [0.25, 0.3) is 0 Å². The Balaban J connectivity index is 2.16. The summed E-state index contributed by atoms with van der Waals surface area (Å²) in [5, 5.41) is 12.3. The Hall–Kier alpha value is -1.10. The molecule has 0 unspecified atom stereocenters. The second-order valence-electron chi connectivity index (χ2n) is 3.78. The van der Waals surface area contributed by atoms with Crippen LogP contribution in [0.5, 0.6) is 5.75 Å². The molecule has 1 N–H and O–H groups in total. The van der Waals surface area contributed by atoms with Crippen molar-refractivity contribution in [3.8, 4) is 5.75 Å². The number of benzene rings is 1. The van der Waals surface area contributed by atoms with Crippen LogP contribution < -0.4 is 4.74 Å². The molecule has 0 atom stereocenters. The summed E-state index contributed by atoms with van der Waals surface area (Å²) in [6.07, 6.45) is 0.867. The van der Waals surface area contributed by atoms with Crippen molar-refractivity contribution in [2.75, 3.05) is 20.3 Å². The average molecular weight is 252 g/mol. The molecule has 0 aliphatic carbocycles. The van der Waals surface area contributed by atoms with E-state index >= 15 is 0 Å². The summed E-state index contributed by atoms with van der Waals surface area (Å²) in [4.78, 5) is 0. The van der Waals surface area contributed by atoms with Gasteiger partial charge in [-0.15, -0.1) is 11.3 Å². The molecule has 17 heavy (non-hydrogen) atoms. The maximum absolute atomic E-state index is 9.20. The summed E-state index contributed by atoms with van der Waals surface area (Å²) in [6.45, 7) is 1.38. The van der Waals surface area contributed by atoms with Gasteiger partial charge in [0.05, 0.1) is 13.2 Å². The number of aliphatic hydroxyl groups excluding tert-OH is 1. The number of hydrogen-bond donors (Lipinski definition) is 1. The molecule has 3 nitrogen and oxygen atoms in total. The Kier molecular flexibility index (Phi) is 4.36. The molecule has 0 radical (unpaired) electrons. The van der Waals surface area contributed by atoms with Crippen LogP contribution in [0.1, 0.15) is 12.0 Å². The lowest BCUT2D eigenvalue weighted by atomic mass is 10.1. The van der Waals surface area contributed by atoms with E-state index in [1.165, 1.54) is 0 Å². The molecular formula is C13H16O3S. The summed E-state index contributed by atoms with van der Waals surface area (Å²) in [5.41, 5.74) is 0.890. The van der Waals surface area contributed by atoms with Gasteiger partial charge in [0.15, 0.2) is 0 Å². The van der Waals surface area contributed by atoms with E-state index in [1.54, 1.807) is 18.4 Å². The first kappa shape index (κ1) is 12.4. The molecule has 0 aliphatic heterocycles. The third-order valence-corrected chi connectivity index (χ3v) is 3.39. The number of fused-ring (bicyclic) bond motifs is 1. The Labute approximate surface area is 105 Å². The molecule has 0 aliphatic rings. The second-order valence-corrected chi connectivity index (χ2v) is 4.73. The van der Waals surface area contributed by atoms with E-state index in [0.717, 1.165) is 27.8 Å². The standard InChI is InChI=1S/C13H16O3S/c1-15-4-2-5-16-12-7-10(9-14)8-13-11(12)3-6-17-13/h3,6-8,14H,2,4-5,9H2,1H3. The number of rotatable bonds is 6. The number of hydrogen-bond acceptors (Lipinski definition) is 4.